The van der Waals surface area contributed by atoms with Crippen LogP contribution < -0.4 is 10.1 Å². The van der Waals surface area contributed by atoms with Crippen molar-refractivity contribution in [2.45, 2.75) is 19.4 Å². The molecule has 0 bridgehead atoms. The first-order valence-electron chi connectivity index (χ1n) is 7.63. The number of halogens is 1. The van der Waals surface area contributed by atoms with E-state index in [1.807, 2.05) is 24.3 Å². The van der Waals surface area contributed by atoms with Gasteiger partial charge in [-0.05, 0) is 61.9 Å². The molecule has 24 heavy (non-hydrogen) atoms. The molecule has 3 rings (SSSR count). The van der Waals surface area contributed by atoms with Crippen LogP contribution in [0.2, 0.25) is 0 Å². The molecule has 2 aromatic rings. The molecular formula is C19H19BrN2OS. The van der Waals surface area contributed by atoms with E-state index < -0.39 is 0 Å². The van der Waals surface area contributed by atoms with E-state index in [-0.39, 0.29) is 5.54 Å². The molecule has 124 valence electrons. The van der Waals surface area contributed by atoms with Gasteiger partial charge in [-0.3, -0.25) is 4.99 Å². The van der Waals surface area contributed by atoms with Crippen molar-refractivity contribution >= 4 is 44.6 Å². The quantitative estimate of drug-likeness (QED) is 0.704. The van der Waals surface area contributed by atoms with Gasteiger partial charge in [-0.2, -0.15) is 0 Å². The SMILES string of the molecule is COc1ccc(NC2=NC(C)(C)/C(=C/c3ccc(Br)cc3)S2)cc1. The Hall–Kier alpha value is -1.72. The van der Waals surface area contributed by atoms with E-state index in [4.69, 9.17) is 9.73 Å². The first-order chi connectivity index (χ1) is 11.5. The second-order valence-electron chi connectivity index (χ2n) is 5.99. The molecule has 1 aliphatic heterocycles. The summed E-state index contributed by atoms with van der Waals surface area (Å²) in [4.78, 5) is 6.04. The molecule has 0 saturated carbocycles. The summed E-state index contributed by atoms with van der Waals surface area (Å²) in [6.45, 7) is 4.26. The standard InChI is InChI=1S/C19H19BrN2OS/c1-19(2)17(12-13-4-6-14(20)7-5-13)24-18(22-19)21-15-8-10-16(23-3)11-9-15/h4-12H,1-3H3,(H,21,22)/b17-12-. The third-order valence-corrected chi connectivity index (χ3v) is 5.45. The van der Waals surface area contributed by atoms with Crippen LogP contribution in [0.25, 0.3) is 6.08 Å². The lowest BCUT2D eigenvalue weighted by Crippen LogP contribution is -2.14. The zero-order chi connectivity index (χ0) is 17.2. The number of benzene rings is 2. The molecule has 0 aliphatic carbocycles. The number of ether oxygens (including phenoxy) is 1. The normalized spacial score (nSPS) is 17.7. The van der Waals surface area contributed by atoms with E-state index in [1.165, 1.54) is 10.5 Å². The summed E-state index contributed by atoms with van der Waals surface area (Å²) >= 11 is 5.15. The monoisotopic (exact) mass is 402 g/mol. The maximum Gasteiger partial charge on any atom is 0.166 e. The van der Waals surface area contributed by atoms with Gasteiger partial charge < -0.3 is 10.1 Å². The highest BCUT2D eigenvalue weighted by Gasteiger charge is 2.31. The van der Waals surface area contributed by atoms with Gasteiger partial charge >= 0.3 is 0 Å². The summed E-state index contributed by atoms with van der Waals surface area (Å²) in [5, 5.41) is 4.29. The van der Waals surface area contributed by atoms with Crippen LogP contribution in [0, 0.1) is 0 Å². The molecule has 1 N–H and O–H groups in total. The lowest BCUT2D eigenvalue weighted by molar-refractivity contribution is 0.415. The van der Waals surface area contributed by atoms with Gasteiger partial charge in [-0.1, -0.05) is 39.8 Å². The number of hydrogen-bond donors (Lipinski definition) is 1. The van der Waals surface area contributed by atoms with Gasteiger partial charge in [-0.25, -0.2) is 0 Å². The van der Waals surface area contributed by atoms with E-state index in [9.17, 15) is 0 Å². The summed E-state index contributed by atoms with van der Waals surface area (Å²) in [6.07, 6.45) is 2.20. The Morgan fingerprint density at radius 2 is 1.75 bits per heavy atom. The number of nitrogens with one attached hydrogen (secondary N) is 1. The summed E-state index contributed by atoms with van der Waals surface area (Å²) in [7, 11) is 1.67. The molecule has 0 fully saturated rings. The fraction of sp³-hybridized carbons (Fsp3) is 0.211. The summed E-state index contributed by atoms with van der Waals surface area (Å²) < 4.78 is 6.27. The van der Waals surface area contributed by atoms with Crippen molar-refractivity contribution in [1.82, 2.24) is 0 Å². The summed E-state index contributed by atoms with van der Waals surface area (Å²) in [5.74, 6) is 0.845. The number of methoxy groups -OCH3 is 1. The fourth-order valence-corrected chi connectivity index (χ4v) is 3.73. The lowest BCUT2D eigenvalue weighted by atomic mass is 10.0. The average molecular weight is 403 g/mol. The van der Waals surface area contributed by atoms with Crippen molar-refractivity contribution in [3.63, 3.8) is 0 Å². The van der Waals surface area contributed by atoms with Gasteiger partial charge in [-0.15, -0.1) is 0 Å². The third-order valence-electron chi connectivity index (χ3n) is 3.70. The van der Waals surface area contributed by atoms with Gasteiger partial charge in [0, 0.05) is 15.1 Å². The molecule has 0 radical (unpaired) electrons. The van der Waals surface area contributed by atoms with Crippen molar-refractivity contribution in [3.8, 4) is 5.75 Å². The largest absolute Gasteiger partial charge is 0.497 e. The number of thioether (sulfide) groups is 1. The van der Waals surface area contributed by atoms with Crippen molar-refractivity contribution in [1.29, 1.82) is 0 Å². The van der Waals surface area contributed by atoms with Gasteiger partial charge in [0.05, 0.1) is 12.6 Å². The fourth-order valence-electron chi connectivity index (χ4n) is 2.33. The Balaban J connectivity index is 1.76. The van der Waals surface area contributed by atoms with Gasteiger partial charge in [0.25, 0.3) is 0 Å². The molecule has 2 aromatic carbocycles. The van der Waals surface area contributed by atoms with Crippen LogP contribution in [0.15, 0.2) is 62.9 Å². The first-order valence-corrected chi connectivity index (χ1v) is 9.24. The molecule has 0 aromatic heterocycles. The third kappa shape index (κ3) is 4.02. The molecule has 5 heteroatoms. The Morgan fingerprint density at radius 1 is 1.08 bits per heavy atom. The summed E-state index contributed by atoms with van der Waals surface area (Å²) in [6, 6.07) is 16.2. The highest BCUT2D eigenvalue weighted by atomic mass is 79.9. The molecule has 3 nitrogen and oxygen atoms in total. The Labute approximate surface area is 155 Å². The lowest BCUT2D eigenvalue weighted by Gasteiger charge is -2.15. The van der Waals surface area contributed by atoms with Crippen LogP contribution in [0.5, 0.6) is 5.75 Å². The maximum atomic E-state index is 5.19. The van der Waals surface area contributed by atoms with Crippen LogP contribution >= 0.6 is 27.7 Å². The van der Waals surface area contributed by atoms with Crippen LogP contribution in [-0.2, 0) is 0 Å². The topological polar surface area (TPSA) is 33.6 Å². The Morgan fingerprint density at radius 3 is 2.38 bits per heavy atom. The zero-order valence-electron chi connectivity index (χ0n) is 13.8. The van der Waals surface area contributed by atoms with E-state index in [1.54, 1.807) is 18.9 Å². The number of rotatable bonds is 3. The van der Waals surface area contributed by atoms with Crippen molar-refractivity contribution in [2.75, 3.05) is 12.4 Å². The second kappa shape index (κ2) is 7.03. The smallest absolute Gasteiger partial charge is 0.166 e. The van der Waals surface area contributed by atoms with Gasteiger partial charge in [0.1, 0.15) is 5.75 Å². The van der Waals surface area contributed by atoms with E-state index >= 15 is 0 Å². The van der Waals surface area contributed by atoms with Crippen molar-refractivity contribution in [2.24, 2.45) is 4.99 Å². The molecule has 0 amide bonds. The number of aliphatic imine (C=N–C) groups is 1. The molecule has 0 atom stereocenters. The van der Waals surface area contributed by atoms with Crippen molar-refractivity contribution < 1.29 is 4.74 Å². The van der Waals surface area contributed by atoms with E-state index in [0.717, 1.165) is 21.1 Å². The zero-order valence-corrected chi connectivity index (χ0v) is 16.2. The minimum absolute atomic E-state index is 0.230. The van der Waals surface area contributed by atoms with Gasteiger partial charge in [0.15, 0.2) is 5.17 Å². The molecule has 0 spiro atoms. The Kier molecular flexibility index (Phi) is 5.01. The number of nitrogens with zero attached hydrogens (tertiary/aromatic N) is 1. The molecule has 1 heterocycles. The Bertz CT molecular complexity index is 780. The maximum absolute atomic E-state index is 5.19. The van der Waals surface area contributed by atoms with Crippen LogP contribution in [-0.4, -0.2) is 17.8 Å². The number of anilines is 1. The predicted octanol–water partition coefficient (Wildman–Crippen LogP) is 5.79. The predicted molar refractivity (Wildman–Crippen MR) is 108 cm³/mol. The highest BCUT2D eigenvalue weighted by Crippen LogP contribution is 2.40. The molecule has 1 aliphatic rings. The number of amidine groups is 1. The second-order valence-corrected chi connectivity index (χ2v) is 7.94. The highest BCUT2D eigenvalue weighted by molar-refractivity contribution is 9.10. The number of hydrogen-bond acceptors (Lipinski definition) is 4. The summed E-state index contributed by atoms with van der Waals surface area (Å²) in [5.41, 5.74) is 1.95. The molecular weight excluding hydrogens is 384 g/mol. The molecule has 0 unspecified atom stereocenters. The van der Waals surface area contributed by atoms with Gasteiger partial charge in [0.2, 0.25) is 0 Å². The van der Waals surface area contributed by atoms with Crippen LogP contribution in [0.3, 0.4) is 0 Å². The van der Waals surface area contributed by atoms with Crippen LogP contribution in [0.4, 0.5) is 5.69 Å². The minimum Gasteiger partial charge on any atom is -0.497 e. The minimum atomic E-state index is -0.230. The van der Waals surface area contributed by atoms with E-state index in [0.29, 0.717) is 0 Å². The van der Waals surface area contributed by atoms with Crippen LogP contribution in [0.1, 0.15) is 19.4 Å². The van der Waals surface area contributed by atoms with E-state index in [2.05, 4.69) is 65.4 Å². The first kappa shape index (κ1) is 17.1. The molecule has 0 saturated heterocycles. The average Bonchev–Trinajstić information content (AvgIpc) is 2.84. The van der Waals surface area contributed by atoms with Crippen molar-refractivity contribution in [3.05, 3.63) is 63.5 Å².